The second-order valence-corrected chi connectivity index (χ2v) is 9.24. The number of hydrogen-bond acceptors (Lipinski definition) is 10. The summed E-state index contributed by atoms with van der Waals surface area (Å²) in [5.41, 5.74) is 1.72. The molecule has 35 heavy (non-hydrogen) atoms. The zero-order valence-corrected chi connectivity index (χ0v) is 21.1. The summed E-state index contributed by atoms with van der Waals surface area (Å²) in [6, 6.07) is 9.10. The molecule has 0 saturated carbocycles. The predicted molar refractivity (Wildman–Crippen MR) is 126 cm³/mol. The van der Waals surface area contributed by atoms with Crippen molar-refractivity contribution in [2.75, 3.05) is 29.9 Å². The molecule has 0 radical (unpaired) electrons. The molecule has 0 unspecified atom stereocenters. The van der Waals surface area contributed by atoms with Crippen LogP contribution < -0.4 is 34.3 Å². The summed E-state index contributed by atoms with van der Waals surface area (Å²) in [7, 11) is -3.74. The van der Waals surface area contributed by atoms with Gasteiger partial charge in [0.2, 0.25) is 12.5 Å². The Balaban J connectivity index is 0.00000612. The van der Waals surface area contributed by atoms with Crippen LogP contribution in [0.3, 0.4) is 0 Å². The van der Waals surface area contributed by atoms with Crippen molar-refractivity contribution in [3.8, 4) is 0 Å². The second kappa shape index (κ2) is 14.7. The summed E-state index contributed by atoms with van der Waals surface area (Å²) in [5.74, 6) is -0.311. The summed E-state index contributed by atoms with van der Waals surface area (Å²) < 4.78 is 28.5. The molecule has 2 aromatic rings. The molecule has 0 aliphatic carbocycles. The second-order valence-electron chi connectivity index (χ2n) is 6.60. The maximum Gasteiger partial charge on any atom is 1.00 e. The Morgan fingerprint density at radius 2 is 1.97 bits per heavy atom. The van der Waals surface area contributed by atoms with Crippen LogP contribution in [0.5, 0.6) is 0 Å². The van der Waals surface area contributed by atoms with Crippen molar-refractivity contribution in [3.63, 3.8) is 0 Å². The number of amides is 1. The van der Waals surface area contributed by atoms with Crippen LogP contribution in [0.15, 0.2) is 68.4 Å². The van der Waals surface area contributed by atoms with E-state index in [2.05, 4.69) is 36.3 Å². The molecule has 0 fully saturated rings. The van der Waals surface area contributed by atoms with Gasteiger partial charge in [-0.25, -0.2) is 15.0 Å². The fourth-order valence-corrected chi connectivity index (χ4v) is 4.09. The number of nitrogens with one attached hydrogen (secondary N) is 1. The molecule has 0 bridgehead atoms. The summed E-state index contributed by atoms with van der Waals surface area (Å²) in [6.07, 6.45) is 0. The number of rotatable bonds is 12. The largest absolute Gasteiger partial charge is 1.00 e. The molecule has 0 atom stereocenters. The van der Waals surface area contributed by atoms with Crippen LogP contribution in [0.25, 0.3) is 4.85 Å². The zero-order chi connectivity index (χ0) is 25.1. The molecule has 2 aromatic carbocycles. The molecule has 0 spiro atoms. The summed E-state index contributed by atoms with van der Waals surface area (Å²) in [5, 5.41) is 25.4. The van der Waals surface area contributed by atoms with Crippen LogP contribution in [0.1, 0.15) is 13.8 Å². The fraction of sp³-hybridized carbons (Fsp3) is 0.238. The molecule has 14 heteroatoms. The number of hydrogen-bond donors (Lipinski definition) is 1. The van der Waals surface area contributed by atoms with Crippen LogP contribution in [0.4, 0.5) is 22.7 Å². The average molecular weight is 512 g/mol. The van der Waals surface area contributed by atoms with E-state index in [9.17, 15) is 18.5 Å². The summed E-state index contributed by atoms with van der Waals surface area (Å²) in [4.78, 5) is 17.2. The van der Waals surface area contributed by atoms with Gasteiger partial charge in [0.1, 0.15) is 11.4 Å². The minimum Gasteiger partial charge on any atom is -0.691 e. The van der Waals surface area contributed by atoms with Gasteiger partial charge in [0.15, 0.2) is 9.84 Å². The number of carbonyl (C=O) groups excluding carboxylic acids is 1. The van der Waals surface area contributed by atoms with Gasteiger partial charge in [-0.1, -0.05) is 6.58 Å². The Hall–Kier alpha value is -2.68. The molecule has 1 amide bonds. The topological polar surface area (TPSA) is 137 Å². The van der Waals surface area contributed by atoms with Crippen molar-refractivity contribution in [1.82, 2.24) is 0 Å². The Labute approximate surface area is 220 Å². The van der Waals surface area contributed by atoms with E-state index >= 15 is 0 Å². The van der Waals surface area contributed by atoms with Crippen molar-refractivity contribution >= 4 is 50.5 Å². The van der Waals surface area contributed by atoms with Crippen LogP contribution in [-0.4, -0.2) is 34.0 Å². The van der Waals surface area contributed by atoms with Gasteiger partial charge in [0.05, 0.1) is 34.1 Å². The van der Waals surface area contributed by atoms with Gasteiger partial charge in [-0.05, 0) is 43.3 Å². The van der Waals surface area contributed by atoms with Crippen molar-refractivity contribution in [2.24, 2.45) is 10.2 Å². The third-order valence-corrected chi connectivity index (χ3v) is 6.40. The maximum absolute atomic E-state index is 12.1. The van der Waals surface area contributed by atoms with Gasteiger partial charge in [-0.15, -0.1) is 10.2 Å². The normalized spacial score (nSPS) is 10.9. The molecular weight excluding hydrogens is 489 g/mol. The van der Waals surface area contributed by atoms with Gasteiger partial charge in [-0.2, -0.15) is 4.33 Å². The number of azo groups is 1. The van der Waals surface area contributed by atoms with E-state index in [1.54, 1.807) is 18.2 Å². The van der Waals surface area contributed by atoms with Crippen molar-refractivity contribution in [3.05, 3.63) is 59.8 Å². The molecule has 0 aromatic heterocycles. The van der Waals surface area contributed by atoms with E-state index in [0.29, 0.717) is 43.1 Å². The smallest absolute Gasteiger partial charge is 0.691 e. The third kappa shape index (κ3) is 8.80. The number of carbonyl (C=O) groups is 1. The molecule has 0 heterocycles. The number of anilines is 2. The van der Waals surface area contributed by atoms with Crippen molar-refractivity contribution in [1.29, 1.82) is 0 Å². The first-order valence-electron chi connectivity index (χ1n) is 9.82. The molecule has 11 nitrogen and oxygen atoms in total. The third-order valence-electron chi connectivity index (χ3n) is 4.42. The molecular formula is C21H22LiN5O6S2. The molecule has 0 saturated heterocycles. The average Bonchev–Trinajstić information content (AvgIpc) is 2.82. The van der Waals surface area contributed by atoms with Crippen molar-refractivity contribution < 1.29 is 46.7 Å². The van der Waals surface area contributed by atoms with Gasteiger partial charge in [-0.3, -0.25) is 9.83 Å². The standard InChI is InChI=1S/C21H23N5O6S2.Li/c1-5-26(12-11-22-4)16-7-9-18(20(13-16)23-15(3)27)24-25-19-10-8-17(34(29,30)6-2)14-21(19)33-32-31-28;/h6-10,13-14,28H,2,5,11-12H2,1,3H3,(H,23,27);/q;+1/p-1. The van der Waals surface area contributed by atoms with E-state index in [0.717, 1.165) is 11.1 Å². The number of benzene rings is 2. The molecule has 2 rings (SSSR count). The van der Waals surface area contributed by atoms with Crippen LogP contribution >= 0.6 is 12.0 Å². The molecule has 180 valence electrons. The minimum atomic E-state index is -3.74. The Morgan fingerprint density at radius 1 is 1.29 bits per heavy atom. The quantitative estimate of drug-likeness (QED) is 0.111. The number of sulfone groups is 1. The first kappa shape index (κ1) is 30.3. The van der Waals surface area contributed by atoms with Gasteiger partial charge >= 0.3 is 18.9 Å². The van der Waals surface area contributed by atoms with E-state index in [1.807, 2.05) is 11.8 Å². The van der Waals surface area contributed by atoms with E-state index < -0.39 is 9.84 Å². The minimum absolute atomic E-state index is 0. The Bertz CT molecular complexity index is 1220. The van der Waals surface area contributed by atoms with Gasteiger partial charge in [0.25, 0.3) is 0 Å². The molecule has 1 N–H and O–H groups in total. The summed E-state index contributed by atoms with van der Waals surface area (Å²) >= 11 is 0.467. The molecule has 0 aliphatic heterocycles. The predicted octanol–water partition coefficient (Wildman–Crippen LogP) is 0.958. The number of nitrogens with zero attached hydrogens (tertiary/aromatic N) is 4. The monoisotopic (exact) mass is 511 g/mol. The first-order valence-corrected chi connectivity index (χ1v) is 12.1. The molecule has 0 aliphatic rings. The van der Waals surface area contributed by atoms with E-state index in [1.165, 1.54) is 25.1 Å². The van der Waals surface area contributed by atoms with Gasteiger partial charge in [0, 0.05) is 24.6 Å². The van der Waals surface area contributed by atoms with Gasteiger partial charge < -0.3 is 20.3 Å². The van der Waals surface area contributed by atoms with Crippen LogP contribution in [0, 0.1) is 6.57 Å². The van der Waals surface area contributed by atoms with Crippen molar-refractivity contribution in [2.45, 2.75) is 23.6 Å². The first-order chi connectivity index (χ1) is 16.2. The Kier molecular flexibility index (Phi) is 12.7. The van der Waals surface area contributed by atoms with Crippen LogP contribution in [-0.2, 0) is 24.0 Å². The fourth-order valence-electron chi connectivity index (χ4n) is 2.81. The van der Waals surface area contributed by atoms with E-state index in [4.69, 9.17) is 6.57 Å². The maximum atomic E-state index is 12.1. The zero-order valence-electron chi connectivity index (χ0n) is 19.4. The van der Waals surface area contributed by atoms with Crippen LogP contribution in [0.2, 0.25) is 0 Å². The number of likely N-dealkylation sites (N-methyl/N-ethyl adjacent to an activating group) is 1. The SMILES string of the molecule is [C-]#[N+]CCN(CC)c1ccc(N=Nc2ccc(S(=O)(=O)C=C)cc2SOO[O-])c(NC(C)=O)c1.[Li+]. The summed E-state index contributed by atoms with van der Waals surface area (Å²) in [6.45, 7) is 15.1. The van der Waals surface area contributed by atoms with E-state index in [-0.39, 0.29) is 40.2 Å². The Morgan fingerprint density at radius 3 is 2.57 bits per heavy atom.